The van der Waals surface area contributed by atoms with Gasteiger partial charge in [0.25, 0.3) is 0 Å². The second-order valence-electron chi connectivity index (χ2n) is 13.5. The highest BCUT2D eigenvalue weighted by Gasteiger charge is 2.30. The summed E-state index contributed by atoms with van der Waals surface area (Å²) in [6.45, 7) is 26.4. The zero-order valence-corrected chi connectivity index (χ0v) is 29.5. The van der Waals surface area contributed by atoms with E-state index in [1.54, 1.807) is 0 Å². The number of rotatable bonds is 17. The molecular weight excluding hydrogens is 568 g/mol. The molecule has 10 nitrogen and oxygen atoms in total. The van der Waals surface area contributed by atoms with Crippen LogP contribution in [-0.4, -0.2) is 183 Å². The fourth-order valence-electron chi connectivity index (χ4n) is 7.59. The monoisotopic (exact) mass is 637 g/mol. The maximum atomic E-state index is 13.2. The van der Waals surface area contributed by atoms with Crippen LogP contribution in [0.2, 0.25) is 0 Å². The average Bonchev–Trinajstić information content (AvgIpc) is 3.07. The summed E-state index contributed by atoms with van der Waals surface area (Å²) in [6.07, 6.45) is 6.03. The van der Waals surface area contributed by atoms with Crippen LogP contribution in [0.25, 0.3) is 0 Å². The number of hydrogen-bond acceptors (Lipinski definition) is 10. The fourth-order valence-corrected chi connectivity index (χ4v) is 7.59. The molecule has 0 aromatic rings. The zero-order chi connectivity index (χ0) is 32.4. The third-order valence-electron chi connectivity index (χ3n) is 10.5. The number of likely N-dealkylation sites (tertiary alicyclic amines) is 2. The first-order valence-corrected chi connectivity index (χ1v) is 18.6. The van der Waals surface area contributed by atoms with Crippen molar-refractivity contribution < 1.29 is 19.4 Å². The van der Waals surface area contributed by atoms with Crippen molar-refractivity contribution in [3.63, 3.8) is 0 Å². The number of β-amino-alcohol motifs (C(OH)–C–C–N with tert-alkyl or cyclic N) is 1. The number of ether oxygens (including phenoxy) is 1. The molecule has 0 bridgehead atoms. The van der Waals surface area contributed by atoms with E-state index in [1.807, 2.05) is 13.8 Å². The molecular formula is C35H68N6O4. The van der Waals surface area contributed by atoms with Crippen molar-refractivity contribution >= 4 is 11.6 Å². The third kappa shape index (κ3) is 13.6. The molecule has 4 heterocycles. The molecule has 0 amide bonds. The smallest absolute Gasteiger partial charge is 0.150 e. The Kier molecular flexibility index (Phi) is 18.6. The molecule has 0 saturated carbocycles. The van der Waals surface area contributed by atoms with Gasteiger partial charge in [0.05, 0.1) is 26.3 Å². The lowest BCUT2D eigenvalue weighted by Crippen LogP contribution is -2.54. The number of ketones is 2. The van der Waals surface area contributed by atoms with E-state index >= 15 is 0 Å². The first-order chi connectivity index (χ1) is 22.0. The van der Waals surface area contributed by atoms with Gasteiger partial charge < -0.3 is 24.5 Å². The Morgan fingerprint density at radius 2 is 1.27 bits per heavy atom. The predicted octanol–water partition coefficient (Wildman–Crippen LogP) is 2.01. The van der Waals surface area contributed by atoms with E-state index in [9.17, 15) is 9.59 Å². The Hall–Kier alpha value is -0.980. The summed E-state index contributed by atoms with van der Waals surface area (Å²) in [5.41, 5.74) is 0. The summed E-state index contributed by atoms with van der Waals surface area (Å²) in [4.78, 5) is 41.0. The van der Waals surface area contributed by atoms with E-state index in [0.29, 0.717) is 25.6 Å². The van der Waals surface area contributed by atoms with E-state index in [2.05, 4.69) is 43.2 Å². The number of piperazine rings is 2. The molecule has 4 saturated heterocycles. The zero-order valence-electron chi connectivity index (χ0n) is 29.5. The van der Waals surface area contributed by atoms with Gasteiger partial charge in [0, 0.05) is 97.0 Å². The Balaban J connectivity index is 0.00000271. The highest BCUT2D eigenvalue weighted by Crippen LogP contribution is 2.21. The van der Waals surface area contributed by atoms with Gasteiger partial charge in [0.15, 0.2) is 0 Å². The highest BCUT2D eigenvalue weighted by molar-refractivity contribution is 5.89. The Bertz CT molecular complexity index is 802. The first-order valence-electron chi connectivity index (χ1n) is 18.6. The Morgan fingerprint density at radius 1 is 0.711 bits per heavy atom. The SMILES string of the molecule is CC.CCOCCN1CCC(N2CCN(CC(=O)CC(CC)C(=O)CN3CCN(CC4CCN(CCO)CC4)CC3)CC2)CC1. The molecule has 0 aliphatic carbocycles. The standard InChI is InChI=1S/C33H62N6O4.C2H6/c1-3-30(33(42)28-38-15-13-36(14-16-38)26-29-5-9-34(10-6-29)21-23-40)25-32(41)27-37-17-19-39(20-18-37)31-7-11-35(12-8-31)22-24-43-4-2;1-2/h29-31,40H,3-28H2,1-2H3;1-2H3. The van der Waals surface area contributed by atoms with E-state index in [4.69, 9.17) is 9.84 Å². The van der Waals surface area contributed by atoms with Gasteiger partial charge in [-0.25, -0.2) is 0 Å². The number of carbonyl (C=O) groups is 2. The van der Waals surface area contributed by atoms with Crippen LogP contribution in [-0.2, 0) is 14.3 Å². The van der Waals surface area contributed by atoms with Crippen molar-refractivity contribution in [3.8, 4) is 0 Å². The minimum Gasteiger partial charge on any atom is -0.395 e. The Morgan fingerprint density at radius 3 is 1.87 bits per heavy atom. The van der Waals surface area contributed by atoms with E-state index in [1.165, 1.54) is 25.7 Å². The maximum Gasteiger partial charge on any atom is 0.150 e. The molecule has 10 heteroatoms. The van der Waals surface area contributed by atoms with E-state index in [0.717, 1.165) is 124 Å². The van der Waals surface area contributed by atoms with Crippen LogP contribution >= 0.6 is 0 Å². The summed E-state index contributed by atoms with van der Waals surface area (Å²) in [5.74, 6) is 1.07. The molecule has 0 spiro atoms. The van der Waals surface area contributed by atoms with Gasteiger partial charge in [0.2, 0.25) is 0 Å². The molecule has 0 aromatic heterocycles. The quantitative estimate of drug-likeness (QED) is 0.240. The Labute approximate surface area is 275 Å². The molecule has 0 aromatic carbocycles. The molecule has 4 fully saturated rings. The van der Waals surface area contributed by atoms with E-state index in [-0.39, 0.29) is 24.1 Å². The van der Waals surface area contributed by atoms with Crippen molar-refractivity contribution in [1.82, 2.24) is 29.4 Å². The van der Waals surface area contributed by atoms with Crippen LogP contribution < -0.4 is 0 Å². The van der Waals surface area contributed by atoms with Crippen LogP contribution in [0, 0.1) is 11.8 Å². The third-order valence-corrected chi connectivity index (χ3v) is 10.5. The van der Waals surface area contributed by atoms with Gasteiger partial charge >= 0.3 is 0 Å². The van der Waals surface area contributed by atoms with Gasteiger partial charge in [-0.15, -0.1) is 0 Å². The summed E-state index contributed by atoms with van der Waals surface area (Å²) < 4.78 is 5.52. The van der Waals surface area contributed by atoms with Gasteiger partial charge in [-0.3, -0.25) is 24.3 Å². The molecule has 1 N–H and O–H groups in total. The van der Waals surface area contributed by atoms with Crippen molar-refractivity contribution in [2.75, 3.05) is 131 Å². The number of piperidine rings is 2. The second kappa shape index (κ2) is 21.8. The lowest BCUT2D eigenvalue weighted by Gasteiger charge is -2.42. The summed E-state index contributed by atoms with van der Waals surface area (Å²) in [6, 6.07) is 0.667. The number of Topliss-reactive ketones (excluding diaryl/α,β-unsaturated/α-hetero) is 2. The molecule has 262 valence electrons. The molecule has 4 aliphatic heterocycles. The van der Waals surface area contributed by atoms with Crippen LogP contribution in [0.3, 0.4) is 0 Å². The molecule has 1 unspecified atom stereocenters. The largest absolute Gasteiger partial charge is 0.395 e. The predicted molar refractivity (Wildman–Crippen MR) is 183 cm³/mol. The molecule has 1 atom stereocenters. The number of carbonyl (C=O) groups excluding carboxylic acids is 2. The minimum absolute atomic E-state index is 0.149. The number of aliphatic hydroxyl groups excluding tert-OH is 1. The maximum absolute atomic E-state index is 13.2. The molecule has 45 heavy (non-hydrogen) atoms. The summed E-state index contributed by atoms with van der Waals surface area (Å²) in [5, 5.41) is 9.16. The molecule has 0 radical (unpaired) electrons. The van der Waals surface area contributed by atoms with Crippen molar-refractivity contribution in [3.05, 3.63) is 0 Å². The van der Waals surface area contributed by atoms with Gasteiger partial charge in [-0.1, -0.05) is 20.8 Å². The first kappa shape index (κ1) is 38.5. The van der Waals surface area contributed by atoms with E-state index < -0.39 is 0 Å². The number of nitrogens with zero attached hydrogens (tertiary/aromatic N) is 6. The van der Waals surface area contributed by atoms with Crippen LogP contribution in [0.4, 0.5) is 0 Å². The van der Waals surface area contributed by atoms with Crippen LogP contribution in [0.5, 0.6) is 0 Å². The normalized spacial score (nSPS) is 23.5. The lowest BCUT2D eigenvalue weighted by molar-refractivity contribution is -0.129. The topological polar surface area (TPSA) is 83.0 Å². The van der Waals surface area contributed by atoms with Gasteiger partial charge in [0.1, 0.15) is 11.6 Å². The minimum atomic E-state index is -0.149. The van der Waals surface area contributed by atoms with Gasteiger partial charge in [-0.05, 0) is 71.1 Å². The van der Waals surface area contributed by atoms with Crippen LogP contribution in [0.1, 0.15) is 66.2 Å². The average molecular weight is 637 g/mol. The number of aliphatic hydroxyl groups is 1. The summed E-state index contributed by atoms with van der Waals surface area (Å²) in [7, 11) is 0. The fraction of sp³-hybridized carbons (Fsp3) is 0.943. The second-order valence-corrected chi connectivity index (χ2v) is 13.5. The van der Waals surface area contributed by atoms with Crippen LogP contribution in [0.15, 0.2) is 0 Å². The van der Waals surface area contributed by atoms with Crippen molar-refractivity contribution in [1.29, 1.82) is 0 Å². The van der Waals surface area contributed by atoms with Crippen molar-refractivity contribution in [2.24, 2.45) is 11.8 Å². The van der Waals surface area contributed by atoms with Gasteiger partial charge in [-0.2, -0.15) is 0 Å². The van der Waals surface area contributed by atoms with Crippen molar-refractivity contribution in [2.45, 2.75) is 72.3 Å². The molecule has 4 rings (SSSR count). The highest BCUT2D eigenvalue weighted by atomic mass is 16.5. The summed E-state index contributed by atoms with van der Waals surface area (Å²) >= 11 is 0. The lowest BCUT2D eigenvalue weighted by atomic mass is 9.94. The number of hydrogen-bond donors (Lipinski definition) is 1. The molecule has 4 aliphatic rings.